The van der Waals surface area contributed by atoms with Gasteiger partial charge in [-0.2, -0.15) is 5.26 Å². The summed E-state index contributed by atoms with van der Waals surface area (Å²) in [4.78, 5) is 18.2. The van der Waals surface area contributed by atoms with Gasteiger partial charge in [0.2, 0.25) is 0 Å². The average Bonchev–Trinajstić information content (AvgIpc) is 3.26. The zero-order valence-electron chi connectivity index (χ0n) is 15.2. The molecule has 0 atom stereocenters. The molecule has 0 aliphatic carbocycles. The molecule has 1 amide bonds. The maximum atomic E-state index is 12.1. The van der Waals surface area contributed by atoms with E-state index in [4.69, 9.17) is 9.47 Å². The van der Waals surface area contributed by atoms with E-state index in [0.29, 0.717) is 22.8 Å². The summed E-state index contributed by atoms with van der Waals surface area (Å²) in [5.74, 6) is 0.996. The number of amides is 1. The van der Waals surface area contributed by atoms with Crippen molar-refractivity contribution in [1.29, 1.82) is 5.26 Å². The molecule has 27 heavy (non-hydrogen) atoms. The van der Waals surface area contributed by atoms with Gasteiger partial charge in [0.1, 0.15) is 6.07 Å². The highest BCUT2D eigenvalue weighted by molar-refractivity contribution is 5.88. The monoisotopic (exact) mass is 363 g/mol. The van der Waals surface area contributed by atoms with Gasteiger partial charge in [0.05, 0.1) is 18.4 Å². The molecule has 138 valence electrons. The summed E-state index contributed by atoms with van der Waals surface area (Å²) in [7, 11) is 1.54. The summed E-state index contributed by atoms with van der Waals surface area (Å²) < 4.78 is 11.0. The van der Waals surface area contributed by atoms with Crippen LogP contribution in [0.1, 0.15) is 24.1 Å². The molecule has 0 bridgehead atoms. The van der Waals surface area contributed by atoms with Crippen molar-refractivity contribution >= 4 is 17.6 Å². The first-order chi connectivity index (χ1) is 13.2. The number of carbonyl (C=O) groups excluding carboxylic acids is 1. The van der Waals surface area contributed by atoms with Crippen molar-refractivity contribution in [2.24, 2.45) is 0 Å². The number of allylic oxidation sites excluding steroid dienone is 1. The second-order valence-corrected chi connectivity index (χ2v) is 6.17. The third-order valence-electron chi connectivity index (χ3n) is 4.37. The van der Waals surface area contributed by atoms with Crippen LogP contribution in [-0.2, 0) is 4.79 Å². The van der Waals surface area contributed by atoms with E-state index in [9.17, 15) is 10.1 Å². The quantitative estimate of drug-likeness (QED) is 0.737. The minimum atomic E-state index is -0.0135. The third kappa shape index (κ3) is 4.64. The number of nitriles is 1. The Balaban J connectivity index is 1.74. The van der Waals surface area contributed by atoms with E-state index < -0.39 is 0 Å². The van der Waals surface area contributed by atoms with Crippen LogP contribution in [0, 0.1) is 11.3 Å². The molecule has 6 nitrogen and oxygen atoms in total. The maximum absolute atomic E-state index is 12.1. The first-order valence-corrected chi connectivity index (χ1v) is 8.83. The zero-order valence-corrected chi connectivity index (χ0v) is 15.2. The number of nitrogens with zero attached hydrogens (tertiary/aromatic N) is 3. The van der Waals surface area contributed by atoms with Crippen molar-refractivity contribution in [3.05, 3.63) is 53.9 Å². The Hall–Kier alpha value is -3.33. The summed E-state index contributed by atoms with van der Waals surface area (Å²) in [5, 5.41) is 9.41. The average molecular weight is 363 g/mol. The lowest BCUT2D eigenvalue weighted by atomic mass is 10.1. The molecule has 1 aromatic carbocycles. The Morgan fingerprint density at radius 2 is 2.07 bits per heavy atom. The molecule has 1 aliphatic heterocycles. The lowest BCUT2D eigenvalue weighted by Gasteiger charge is -2.16. The number of hydrogen-bond acceptors (Lipinski definition) is 5. The molecular weight excluding hydrogens is 342 g/mol. The highest BCUT2D eigenvalue weighted by Crippen LogP contribution is 2.29. The van der Waals surface area contributed by atoms with Gasteiger partial charge in [-0.3, -0.25) is 9.78 Å². The van der Waals surface area contributed by atoms with E-state index in [1.807, 2.05) is 17.0 Å². The van der Waals surface area contributed by atoms with Crippen LogP contribution in [0.25, 0.3) is 11.6 Å². The predicted octanol–water partition coefficient (Wildman–Crippen LogP) is 3.16. The number of aromatic nitrogens is 1. The summed E-state index contributed by atoms with van der Waals surface area (Å²) in [6.07, 6.45) is 5.49. The Labute approximate surface area is 158 Å². The molecule has 1 aliphatic rings. The molecule has 0 N–H and O–H groups in total. The Morgan fingerprint density at radius 1 is 1.26 bits per heavy atom. The molecule has 1 fully saturated rings. The lowest BCUT2D eigenvalue weighted by Crippen LogP contribution is -2.32. The number of carbonyl (C=O) groups is 1. The van der Waals surface area contributed by atoms with E-state index in [0.717, 1.165) is 31.5 Å². The third-order valence-corrected chi connectivity index (χ3v) is 4.37. The predicted molar refractivity (Wildman–Crippen MR) is 102 cm³/mol. The Kier molecular flexibility index (Phi) is 6.06. The largest absolute Gasteiger partial charge is 0.493 e. The molecule has 6 heteroatoms. The number of pyridine rings is 1. The van der Waals surface area contributed by atoms with Gasteiger partial charge >= 0.3 is 0 Å². The minimum absolute atomic E-state index is 0.0110. The van der Waals surface area contributed by atoms with Crippen LogP contribution >= 0.6 is 0 Å². The summed E-state index contributed by atoms with van der Waals surface area (Å²) in [6, 6.07) is 12.9. The Bertz CT molecular complexity index is 866. The smallest absolute Gasteiger partial charge is 0.260 e. The van der Waals surface area contributed by atoms with Gasteiger partial charge in [0, 0.05) is 19.3 Å². The molecule has 3 rings (SSSR count). The van der Waals surface area contributed by atoms with Crippen LogP contribution in [0.2, 0.25) is 0 Å². The van der Waals surface area contributed by atoms with Crippen molar-refractivity contribution < 1.29 is 14.3 Å². The fourth-order valence-electron chi connectivity index (χ4n) is 2.94. The Morgan fingerprint density at radius 3 is 2.74 bits per heavy atom. The molecule has 0 saturated carbocycles. The second kappa shape index (κ2) is 8.86. The van der Waals surface area contributed by atoms with Gasteiger partial charge in [-0.05, 0) is 48.7 Å². The lowest BCUT2D eigenvalue weighted by molar-refractivity contribution is -0.132. The SMILES string of the molecule is COc1cc(/C=C(\C#N)c2ccccn2)ccc1OCC(=O)N1CCCC1. The van der Waals surface area contributed by atoms with Crippen LogP contribution < -0.4 is 9.47 Å². The van der Waals surface area contributed by atoms with Gasteiger partial charge in [0.25, 0.3) is 5.91 Å². The van der Waals surface area contributed by atoms with E-state index in [1.165, 1.54) is 0 Å². The van der Waals surface area contributed by atoms with Crippen LogP contribution in [0.3, 0.4) is 0 Å². The summed E-state index contributed by atoms with van der Waals surface area (Å²) >= 11 is 0. The molecule has 0 spiro atoms. The summed E-state index contributed by atoms with van der Waals surface area (Å²) in [6.45, 7) is 1.59. The zero-order chi connectivity index (χ0) is 19.1. The number of ether oxygens (including phenoxy) is 2. The van der Waals surface area contributed by atoms with Gasteiger partial charge in [-0.25, -0.2) is 0 Å². The second-order valence-electron chi connectivity index (χ2n) is 6.17. The fourth-order valence-corrected chi connectivity index (χ4v) is 2.94. The molecular formula is C21H21N3O3. The fraction of sp³-hybridized carbons (Fsp3) is 0.286. The molecule has 1 aromatic heterocycles. The summed E-state index contributed by atoms with van der Waals surface area (Å²) in [5.41, 5.74) is 1.85. The van der Waals surface area contributed by atoms with Crippen molar-refractivity contribution in [2.45, 2.75) is 12.8 Å². The van der Waals surface area contributed by atoms with Gasteiger partial charge in [-0.1, -0.05) is 12.1 Å². The normalized spacial score (nSPS) is 13.9. The number of hydrogen-bond donors (Lipinski definition) is 0. The highest BCUT2D eigenvalue weighted by Gasteiger charge is 2.18. The van der Waals surface area contributed by atoms with Gasteiger partial charge in [0.15, 0.2) is 18.1 Å². The molecule has 2 aromatic rings. The number of rotatable bonds is 6. The van der Waals surface area contributed by atoms with E-state index in [1.54, 1.807) is 43.6 Å². The molecule has 2 heterocycles. The van der Waals surface area contributed by atoms with E-state index in [-0.39, 0.29) is 12.5 Å². The molecule has 0 radical (unpaired) electrons. The van der Waals surface area contributed by atoms with Gasteiger partial charge < -0.3 is 14.4 Å². The van der Waals surface area contributed by atoms with Crippen molar-refractivity contribution in [3.8, 4) is 17.6 Å². The standard InChI is InChI=1S/C21H21N3O3/c1-26-20-13-16(12-17(14-22)18-6-2-3-9-23-18)7-8-19(20)27-15-21(25)24-10-4-5-11-24/h2-3,6-9,12-13H,4-5,10-11,15H2,1H3/b17-12+. The van der Waals surface area contributed by atoms with Crippen LogP contribution in [-0.4, -0.2) is 42.6 Å². The first kappa shape index (κ1) is 18.5. The number of likely N-dealkylation sites (tertiary alicyclic amines) is 1. The van der Waals surface area contributed by atoms with Crippen molar-refractivity contribution in [2.75, 3.05) is 26.8 Å². The van der Waals surface area contributed by atoms with Crippen molar-refractivity contribution in [1.82, 2.24) is 9.88 Å². The number of benzene rings is 1. The van der Waals surface area contributed by atoms with Crippen LogP contribution in [0.5, 0.6) is 11.5 Å². The highest BCUT2D eigenvalue weighted by atomic mass is 16.5. The topological polar surface area (TPSA) is 75.5 Å². The minimum Gasteiger partial charge on any atom is -0.493 e. The van der Waals surface area contributed by atoms with Crippen LogP contribution in [0.4, 0.5) is 0 Å². The van der Waals surface area contributed by atoms with Crippen LogP contribution in [0.15, 0.2) is 42.6 Å². The molecule has 0 unspecified atom stereocenters. The first-order valence-electron chi connectivity index (χ1n) is 8.83. The molecule has 1 saturated heterocycles. The number of methoxy groups -OCH3 is 1. The van der Waals surface area contributed by atoms with E-state index >= 15 is 0 Å². The van der Waals surface area contributed by atoms with E-state index in [2.05, 4.69) is 11.1 Å². The van der Waals surface area contributed by atoms with Crippen molar-refractivity contribution in [3.63, 3.8) is 0 Å². The van der Waals surface area contributed by atoms with Gasteiger partial charge in [-0.15, -0.1) is 0 Å². The maximum Gasteiger partial charge on any atom is 0.260 e.